The number of ether oxygens (including phenoxy) is 1. The number of aliphatic imine (C=N–C) groups is 1. The van der Waals surface area contributed by atoms with Crippen molar-refractivity contribution >= 4 is 16.0 Å². The first-order valence-electron chi connectivity index (χ1n) is 5.00. The Kier molecular flexibility index (Phi) is 2.98. The molecule has 1 saturated carbocycles. The molecule has 0 aromatic heterocycles. The molecule has 0 saturated heterocycles. The van der Waals surface area contributed by atoms with E-state index in [0.29, 0.717) is 5.76 Å². The molecule has 5 nitrogen and oxygen atoms in total. The Morgan fingerprint density at radius 2 is 2.25 bits per heavy atom. The Labute approximate surface area is 93.4 Å². The van der Waals surface area contributed by atoms with Crippen LogP contribution in [0.25, 0.3) is 0 Å². The lowest BCUT2D eigenvalue weighted by molar-refractivity contribution is 0.182. The first kappa shape index (κ1) is 11.5. The summed E-state index contributed by atoms with van der Waals surface area (Å²) < 4.78 is 42.8. The van der Waals surface area contributed by atoms with Gasteiger partial charge in [0.05, 0.1) is 24.6 Å². The van der Waals surface area contributed by atoms with Gasteiger partial charge in [-0.15, -0.1) is 0 Å². The highest BCUT2D eigenvalue weighted by Gasteiger charge is 2.29. The van der Waals surface area contributed by atoms with Gasteiger partial charge in [0.2, 0.25) is 16.0 Å². The third-order valence-electron chi connectivity index (χ3n) is 2.22. The van der Waals surface area contributed by atoms with Crippen LogP contribution in [0.2, 0.25) is 0 Å². The van der Waals surface area contributed by atoms with Crippen LogP contribution in [0.3, 0.4) is 0 Å². The van der Waals surface area contributed by atoms with E-state index in [0.717, 1.165) is 19.1 Å². The second kappa shape index (κ2) is 4.14. The van der Waals surface area contributed by atoms with Gasteiger partial charge in [-0.2, -0.15) is 4.39 Å². The Balaban J connectivity index is 2.00. The lowest BCUT2D eigenvalue weighted by Gasteiger charge is -2.19. The van der Waals surface area contributed by atoms with E-state index >= 15 is 0 Å². The van der Waals surface area contributed by atoms with Crippen molar-refractivity contribution in [1.29, 1.82) is 0 Å². The number of nitrogens with zero attached hydrogens (tertiary/aromatic N) is 1. The minimum atomic E-state index is -3.45. The van der Waals surface area contributed by atoms with E-state index in [1.807, 2.05) is 0 Å². The predicted molar refractivity (Wildman–Crippen MR) is 57.1 cm³/mol. The Morgan fingerprint density at radius 1 is 1.56 bits per heavy atom. The smallest absolute Gasteiger partial charge is 0.209 e. The molecule has 90 valence electrons. The molecule has 0 radical (unpaired) electrons. The molecule has 1 aliphatic carbocycles. The highest BCUT2D eigenvalue weighted by molar-refractivity contribution is 7.88. The SMILES string of the molecule is CS(=O)(=O)NC1CC(OC2CC2)=CN=C1F. The maximum Gasteiger partial charge on any atom is 0.209 e. The molecular formula is C9H13FN2O3S. The van der Waals surface area contributed by atoms with Crippen molar-refractivity contribution in [1.82, 2.24) is 4.72 Å². The molecule has 7 heteroatoms. The maximum absolute atomic E-state index is 13.2. The van der Waals surface area contributed by atoms with Crippen molar-refractivity contribution in [2.45, 2.75) is 31.4 Å². The van der Waals surface area contributed by atoms with Crippen LogP contribution >= 0.6 is 0 Å². The zero-order chi connectivity index (χ0) is 11.8. The number of rotatable bonds is 4. The summed E-state index contributed by atoms with van der Waals surface area (Å²) in [6.45, 7) is 0. The lowest BCUT2D eigenvalue weighted by atomic mass is 10.2. The summed E-state index contributed by atoms with van der Waals surface area (Å²) in [4.78, 5) is 3.49. The highest BCUT2D eigenvalue weighted by atomic mass is 32.2. The second-order valence-electron chi connectivity index (χ2n) is 4.01. The molecule has 0 aromatic carbocycles. The molecule has 0 bridgehead atoms. The quantitative estimate of drug-likeness (QED) is 0.796. The van der Waals surface area contributed by atoms with Gasteiger partial charge >= 0.3 is 0 Å². The lowest BCUT2D eigenvalue weighted by Crippen LogP contribution is -2.40. The van der Waals surface area contributed by atoms with Gasteiger partial charge in [0, 0.05) is 6.42 Å². The van der Waals surface area contributed by atoms with E-state index in [2.05, 4.69) is 9.71 Å². The predicted octanol–water partition coefficient (Wildman–Crippen LogP) is 0.696. The summed E-state index contributed by atoms with van der Waals surface area (Å²) >= 11 is 0. The van der Waals surface area contributed by atoms with E-state index in [1.54, 1.807) is 0 Å². The van der Waals surface area contributed by atoms with E-state index in [-0.39, 0.29) is 12.5 Å². The molecule has 0 aromatic rings. The number of hydrogen-bond donors (Lipinski definition) is 1. The molecule has 1 aliphatic heterocycles. The Morgan fingerprint density at radius 3 is 2.81 bits per heavy atom. The number of nitrogens with one attached hydrogen (secondary N) is 1. The summed E-state index contributed by atoms with van der Waals surface area (Å²) in [5, 5.41) is 0. The van der Waals surface area contributed by atoms with Crippen LogP contribution in [0, 0.1) is 0 Å². The molecule has 1 unspecified atom stereocenters. The van der Waals surface area contributed by atoms with Crippen molar-refractivity contribution < 1.29 is 17.5 Å². The molecule has 1 N–H and O–H groups in total. The average molecular weight is 248 g/mol. The number of sulfonamides is 1. The van der Waals surface area contributed by atoms with Crippen LogP contribution in [-0.2, 0) is 14.8 Å². The Hall–Kier alpha value is -0.950. The second-order valence-corrected chi connectivity index (χ2v) is 5.79. The first-order valence-corrected chi connectivity index (χ1v) is 6.89. The molecule has 1 atom stereocenters. The van der Waals surface area contributed by atoms with Crippen LogP contribution in [0.15, 0.2) is 17.0 Å². The van der Waals surface area contributed by atoms with Crippen LogP contribution in [0.1, 0.15) is 19.3 Å². The van der Waals surface area contributed by atoms with Crippen molar-refractivity contribution in [3.05, 3.63) is 12.0 Å². The third-order valence-corrected chi connectivity index (χ3v) is 2.94. The molecule has 0 amide bonds. The van der Waals surface area contributed by atoms with E-state index in [9.17, 15) is 12.8 Å². The van der Waals surface area contributed by atoms with Crippen LogP contribution < -0.4 is 4.72 Å². The monoisotopic (exact) mass is 248 g/mol. The fourth-order valence-corrected chi connectivity index (χ4v) is 2.09. The maximum atomic E-state index is 13.2. The largest absolute Gasteiger partial charge is 0.493 e. The minimum absolute atomic E-state index is 0.179. The van der Waals surface area contributed by atoms with E-state index < -0.39 is 22.0 Å². The molecule has 2 aliphatic rings. The zero-order valence-electron chi connectivity index (χ0n) is 8.81. The van der Waals surface area contributed by atoms with E-state index in [1.165, 1.54) is 6.20 Å². The van der Waals surface area contributed by atoms with E-state index in [4.69, 9.17) is 4.74 Å². The average Bonchev–Trinajstić information content (AvgIpc) is 2.92. The highest BCUT2D eigenvalue weighted by Crippen LogP contribution is 2.29. The van der Waals surface area contributed by atoms with Crippen LogP contribution in [-0.4, -0.2) is 32.8 Å². The molecular weight excluding hydrogens is 235 g/mol. The summed E-state index contributed by atoms with van der Waals surface area (Å²) in [5.41, 5.74) is 0. The van der Waals surface area contributed by atoms with Crippen molar-refractivity contribution in [3.63, 3.8) is 0 Å². The number of hydrogen-bond acceptors (Lipinski definition) is 4. The molecule has 2 rings (SSSR count). The van der Waals surface area contributed by atoms with Gasteiger partial charge in [-0.05, 0) is 12.8 Å². The van der Waals surface area contributed by atoms with Crippen LogP contribution in [0.4, 0.5) is 4.39 Å². The fourth-order valence-electron chi connectivity index (χ4n) is 1.39. The molecule has 0 spiro atoms. The fraction of sp³-hybridized carbons (Fsp3) is 0.667. The van der Waals surface area contributed by atoms with Gasteiger partial charge in [-0.25, -0.2) is 18.1 Å². The molecule has 16 heavy (non-hydrogen) atoms. The summed E-state index contributed by atoms with van der Waals surface area (Å²) in [6, 6.07) is -0.936. The first-order chi connectivity index (χ1) is 7.44. The normalized spacial score (nSPS) is 26.0. The zero-order valence-corrected chi connectivity index (χ0v) is 9.63. The van der Waals surface area contributed by atoms with Gasteiger partial charge in [0.15, 0.2) is 0 Å². The van der Waals surface area contributed by atoms with Crippen LogP contribution in [0.5, 0.6) is 0 Å². The van der Waals surface area contributed by atoms with Crippen molar-refractivity contribution in [2.24, 2.45) is 4.99 Å². The van der Waals surface area contributed by atoms with Gasteiger partial charge in [-0.1, -0.05) is 0 Å². The van der Waals surface area contributed by atoms with Gasteiger partial charge in [0.25, 0.3) is 0 Å². The minimum Gasteiger partial charge on any atom is -0.493 e. The topological polar surface area (TPSA) is 67.8 Å². The third kappa shape index (κ3) is 3.28. The van der Waals surface area contributed by atoms with Crippen molar-refractivity contribution in [2.75, 3.05) is 6.26 Å². The van der Waals surface area contributed by atoms with Gasteiger partial charge in [-0.3, -0.25) is 0 Å². The standard InChI is InChI=1S/C9H13FN2O3S/c1-16(13,14)12-8-4-7(5-11-9(8)10)15-6-2-3-6/h5-6,8,12H,2-4H2,1H3. The summed E-state index contributed by atoms with van der Waals surface area (Å²) in [5.74, 6) is -0.196. The molecule has 1 heterocycles. The summed E-state index contributed by atoms with van der Waals surface area (Å²) in [6.07, 6.45) is 4.66. The Bertz CT molecular complexity index is 440. The van der Waals surface area contributed by atoms with Crippen molar-refractivity contribution in [3.8, 4) is 0 Å². The number of halogens is 1. The molecule has 1 fully saturated rings. The van der Waals surface area contributed by atoms with Gasteiger partial charge in [0.1, 0.15) is 5.76 Å². The summed E-state index contributed by atoms with van der Waals surface area (Å²) in [7, 11) is -3.45. The van der Waals surface area contributed by atoms with Gasteiger partial charge < -0.3 is 4.74 Å².